The van der Waals surface area contributed by atoms with Crippen molar-refractivity contribution >= 4 is 11.5 Å². The molecule has 0 aliphatic heterocycles. The minimum absolute atomic E-state index is 0.213. The largest absolute Gasteiger partial charge is 0.478 e. The molecule has 1 aliphatic carbocycles. The first-order valence-electron chi connectivity index (χ1n) is 5.08. The van der Waals surface area contributed by atoms with Crippen LogP contribution >= 0.6 is 0 Å². The zero-order chi connectivity index (χ0) is 11.5. The Hall–Kier alpha value is -1.90. The third-order valence-corrected chi connectivity index (χ3v) is 2.54. The van der Waals surface area contributed by atoms with Crippen LogP contribution in [-0.2, 0) is 0 Å². The van der Waals surface area contributed by atoms with Gasteiger partial charge in [0, 0.05) is 5.57 Å². The van der Waals surface area contributed by atoms with Gasteiger partial charge in [-0.3, -0.25) is 0 Å². The zero-order valence-electron chi connectivity index (χ0n) is 8.61. The molecule has 2 rings (SSSR count). The van der Waals surface area contributed by atoms with E-state index in [1.54, 1.807) is 18.2 Å². The molecule has 0 saturated carbocycles. The Morgan fingerprint density at radius 3 is 2.31 bits per heavy atom. The Labute approximate surface area is 92.7 Å². The second-order valence-electron chi connectivity index (χ2n) is 3.63. The molecule has 0 unspecified atom stereocenters. The van der Waals surface area contributed by atoms with E-state index in [1.165, 1.54) is 12.1 Å². The van der Waals surface area contributed by atoms with Crippen LogP contribution in [0.1, 0.15) is 28.8 Å². The van der Waals surface area contributed by atoms with E-state index in [0.717, 1.165) is 18.4 Å². The maximum absolute atomic E-state index is 13.5. The highest BCUT2D eigenvalue weighted by Gasteiger charge is 2.11. The predicted molar refractivity (Wildman–Crippen MR) is 59.8 cm³/mol. The van der Waals surface area contributed by atoms with Crippen LogP contribution in [0.25, 0.3) is 5.57 Å². The molecule has 0 atom stereocenters. The molecular formula is C13H11FO2. The third-order valence-electron chi connectivity index (χ3n) is 2.54. The van der Waals surface area contributed by atoms with E-state index >= 15 is 0 Å². The summed E-state index contributed by atoms with van der Waals surface area (Å²) in [5, 5.41) is 8.74. The molecule has 0 radical (unpaired) electrons. The molecule has 0 saturated heterocycles. The number of benzene rings is 1. The number of aromatic carboxylic acids is 1. The fourth-order valence-corrected chi connectivity index (χ4v) is 1.69. The van der Waals surface area contributed by atoms with E-state index in [4.69, 9.17) is 5.11 Å². The summed E-state index contributed by atoms with van der Waals surface area (Å²) >= 11 is 0. The van der Waals surface area contributed by atoms with Crippen molar-refractivity contribution in [3.05, 3.63) is 53.4 Å². The monoisotopic (exact) mass is 218 g/mol. The third kappa shape index (κ3) is 2.03. The molecule has 1 aromatic carbocycles. The molecule has 0 bridgehead atoms. The van der Waals surface area contributed by atoms with E-state index in [-0.39, 0.29) is 11.4 Å². The maximum atomic E-state index is 13.5. The van der Waals surface area contributed by atoms with Gasteiger partial charge in [-0.05, 0) is 36.6 Å². The van der Waals surface area contributed by atoms with Crippen LogP contribution in [0.2, 0.25) is 0 Å². The van der Waals surface area contributed by atoms with Crippen LogP contribution in [0, 0.1) is 0 Å². The predicted octanol–water partition coefficient (Wildman–Crippen LogP) is 3.42. The first-order chi connectivity index (χ1) is 7.68. The van der Waals surface area contributed by atoms with Gasteiger partial charge >= 0.3 is 5.97 Å². The summed E-state index contributed by atoms with van der Waals surface area (Å²) in [5.41, 5.74) is 1.49. The summed E-state index contributed by atoms with van der Waals surface area (Å²) in [6, 6.07) is 6.24. The van der Waals surface area contributed by atoms with Gasteiger partial charge in [-0.25, -0.2) is 9.18 Å². The minimum atomic E-state index is -0.972. The van der Waals surface area contributed by atoms with Crippen molar-refractivity contribution < 1.29 is 14.3 Å². The van der Waals surface area contributed by atoms with Gasteiger partial charge in [0.1, 0.15) is 5.83 Å². The highest BCUT2D eigenvalue weighted by atomic mass is 19.1. The maximum Gasteiger partial charge on any atom is 0.335 e. The van der Waals surface area contributed by atoms with Gasteiger partial charge in [-0.15, -0.1) is 0 Å². The second-order valence-corrected chi connectivity index (χ2v) is 3.63. The van der Waals surface area contributed by atoms with Gasteiger partial charge in [-0.2, -0.15) is 0 Å². The quantitative estimate of drug-likeness (QED) is 0.825. The Bertz CT molecular complexity index is 469. The summed E-state index contributed by atoms with van der Waals surface area (Å²) in [7, 11) is 0. The van der Waals surface area contributed by atoms with Gasteiger partial charge in [0.05, 0.1) is 5.56 Å². The summed E-state index contributed by atoms with van der Waals surface area (Å²) in [6.45, 7) is 0. The lowest BCUT2D eigenvalue weighted by molar-refractivity contribution is 0.0697. The highest BCUT2D eigenvalue weighted by molar-refractivity contribution is 5.88. The molecular weight excluding hydrogens is 207 g/mol. The fourth-order valence-electron chi connectivity index (χ4n) is 1.69. The Morgan fingerprint density at radius 2 is 1.75 bits per heavy atom. The van der Waals surface area contributed by atoms with E-state index < -0.39 is 5.97 Å². The van der Waals surface area contributed by atoms with Crippen LogP contribution in [0.15, 0.2) is 42.2 Å². The normalized spacial score (nSPS) is 15.3. The van der Waals surface area contributed by atoms with Crippen LogP contribution in [0.3, 0.4) is 0 Å². The zero-order valence-corrected chi connectivity index (χ0v) is 8.61. The molecule has 82 valence electrons. The standard InChI is InChI=1S/C13H11FO2/c14-12-4-2-1-3-11(12)9-5-7-10(8-6-9)13(15)16/h3-8H,1-2H2,(H,15,16). The highest BCUT2D eigenvalue weighted by Crippen LogP contribution is 2.29. The van der Waals surface area contributed by atoms with Gasteiger partial charge in [0.2, 0.25) is 0 Å². The Morgan fingerprint density at radius 1 is 1.12 bits per heavy atom. The van der Waals surface area contributed by atoms with Crippen molar-refractivity contribution in [2.45, 2.75) is 12.8 Å². The molecule has 1 aliphatic rings. The Balaban J connectivity index is 2.32. The molecule has 0 spiro atoms. The summed E-state index contributed by atoms with van der Waals surface area (Å²) < 4.78 is 13.5. The van der Waals surface area contributed by atoms with Crippen molar-refractivity contribution in [2.24, 2.45) is 0 Å². The number of hydrogen-bond donors (Lipinski definition) is 1. The van der Waals surface area contributed by atoms with Crippen LogP contribution in [-0.4, -0.2) is 11.1 Å². The number of halogens is 1. The number of carbonyl (C=O) groups is 1. The topological polar surface area (TPSA) is 37.3 Å². The van der Waals surface area contributed by atoms with Gasteiger partial charge in [0.25, 0.3) is 0 Å². The second kappa shape index (κ2) is 4.31. The Kier molecular flexibility index (Phi) is 2.86. The molecule has 1 N–H and O–H groups in total. The van der Waals surface area contributed by atoms with Gasteiger partial charge in [-0.1, -0.05) is 18.2 Å². The number of allylic oxidation sites excluding steroid dienone is 4. The molecule has 0 heterocycles. The van der Waals surface area contributed by atoms with Crippen molar-refractivity contribution in [3.63, 3.8) is 0 Å². The van der Waals surface area contributed by atoms with E-state index in [2.05, 4.69) is 0 Å². The molecule has 16 heavy (non-hydrogen) atoms. The number of carboxylic acid groups (broad SMARTS) is 1. The van der Waals surface area contributed by atoms with Crippen LogP contribution < -0.4 is 0 Å². The molecule has 3 heteroatoms. The molecule has 1 aromatic rings. The fraction of sp³-hybridized carbons (Fsp3) is 0.154. The average molecular weight is 218 g/mol. The van der Waals surface area contributed by atoms with E-state index in [0.29, 0.717) is 5.57 Å². The molecule has 0 amide bonds. The number of hydrogen-bond acceptors (Lipinski definition) is 1. The molecule has 0 fully saturated rings. The SMILES string of the molecule is O=C(O)c1ccc(C2=CCCC=C2F)cc1. The van der Waals surface area contributed by atoms with Crippen LogP contribution in [0.4, 0.5) is 4.39 Å². The lowest BCUT2D eigenvalue weighted by Gasteiger charge is -2.10. The lowest BCUT2D eigenvalue weighted by Crippen LogP contribution is -1.97. The van der Waals surface area contributed by atoms with E-state index in [1.807, 2.05) is 6.08 Å². The minimum Gasteiger partial charge on any atom is -0.478 e. The van der Waals surface area contributed by atoms with Crippen molar-refractivity contribution in [3.8, 4) is 0 Å². The van der Waals surface area contributed by atoms with Crippen molar-refractivity contribution in [1.29, 1.82) is 0 Å². The smallest absolute Gasteiger partial charge is 0.335 e. The average Bonchev–Trinajstić information content (AvgIpc) is 2.30. The molecule has 0 aromatic heterocycles. The first kappa shape index (κ1) is 10.6. The molecule has 2 nitrogen and oxygen atoms in total. The van der Waals surface area contributed by atoms with E-state index in [9.17, 15) is 9.18 Å². The lowest BCUT2D eigenvalue weighted by atomic mass is 9.98. The van der Waals surface area contributed by atoms with Crippen molar-refractivity contribution in [1.82, 2.24) is 0 Å². The number of rotatable bonds is 2. The van der Waals surface area contributed by atoms with Gasteiger partial charge < -0.3 is 5.11 Å². The van der Waals surface area contributed by atoms with Crippen molar-refractivity contribution in [2.75, 3.05) is 0 Å². The summed E-state index contributed by atoms with van der Waals surface area (Å²) in [6.07, 6.45) is 4.94. The van der Waals surface area contributed by atoms with Gasteiger partial charge in [0.15, 0.2) is 0 Å². The summed E-state index contributed by atoms with van der Waals surface area (Å²) in [5.74, 6) is -1.20. The summed E-state index contributed by atoms with van der Waals surface area (Å²) in [4.78, 5) is 10.7. The van der Waals surface area contributed by atoms with Crippen LogP contribution in [0.5, 0.6) is 0 Å². The first-order valence-corrected chi connectivity index (χ1v) is 5.08. The number of carboxylic acids is 1.